The number of hydrogen-bond donors (Lipinski definition) is 1. The first-order valence-corrected chi connectivity index (χ1v) is 14.7. The number of hydrogen-bond acceptors (Lipinski definition) is 7. The number of aliphatic carboxylic acids is 1. The molecule has 3 heterocycles. The van der Waals surface area contributed by atoms with E-state index < -0.39 is 38.7 Å². The lowest BCUT2D eigenvalue weighted by Gasteiger charge is -2.37. The van der Waals surface area contributed by atoms with Crippen LogP contribution in [0, 0.1) is 6.92 Å². The Balaban J connectivity index is 1.29. The van der Waals surface area contributed by atoms with Crippen LogP contribution in [-0.2, 0) is 24.3 Å². The molecule has 3 atom stereocenters. The summed E-state index contributed by atoms with van der Waals surface area (Å²) in [5.41, 5.74) is 4.11. The van der Waals surface area contributed by atoms with E-state index in [0.29, 0.717) is 25.3 Å². The van der Waals surface area contributed by atoms with E-state index in [9.17, 15) is 18.3 Å². The molecule has 1 unspecified atom stereocenters. The molecule has 9 nitrogen and oxygen atoms in total. The normalized spacial score (nSPS) is 27.8. The van der Waals surface area contributed by atoms with Crippen molar-refractivity contribution in [2.45, 2.75) is 82.0 Å². The van der Waals surface area contributed by atoms with Crippen molar-refractivity contribution in [3.8, 4) is 17.1 Å². The molecule has 3 aliphatic rings. The third-order valence-corrected chi connectivity index (χ3v) is 10.6. The van der Waals surface area contributed by atoms with Crippen molar-refractivity contribution in [2.24, 2.45) is 0 Å². The zero-order valence-corrected chi connectivity index (χ0v) is 23.2. The number of carboxylic acid groups (broad SMARTS) is 1. The van der Waals surface area contributed by atoms with Gasteiger partial charge in [0.15, 0.2) is 10.5 Å². The number of aromatic nitrogens is 1. The van der Waals surface area contributed by atoms with Crippen LogP contribution < -0.4 is 4.74 Å². The maximum absolute atomic E-state index is 13.7. The summed E-state index contributed by atoms with van der Waals surface area (Å²) in [7, 11) is -4.11. The molecule has 5 rings (SSSR count). The van der Waals surface area contributed by atoms with Crippen LogP contribution in [0.25, 0.3) is 11.3 Å². The predicted octanol–water partition coefficient (Wildman–Crippen LogP) is 4.10. The van der Waals surface area contributed by atoms with E-state index >= 15 is 0 Å². The van der Waals surface area contributed by atoms with Crippen LogP contribution >= 0.6 is 0 Å². The highest BCUT2D eigenvalue weighted by Crippen LogP contribution is 2.48. The van der Waals surface area contributed by atoms with Crippen molar-refractivity contribution in [1.82, 2.24) is 9.29 Å². The molecule has 0 bridgehead atoms. The minimum absolute atomic E-state index is 0.0993. The van der Waals surface area contributed by atoms with Gasteiger partial charge in [-0.25, -0.2) is 17.7 Å². The molecular formula is C28H36N2O7S. The van der Waals surface area contributed by atoms with Gasteiger partial charge in [0.1, 0.15) is 0 Å². The maximum atomic E-state index is 13.7. The molecule has 2 aromatic rings. The summed E-state index contributed by atoms with van der Waals surface area (Å²) in [6.45, 7) is 8.61. The van der Waals surface area contributed by atoms with Crippen molar-refractivity contribution >= 4 is 16.0 Å². The number of piperidine rings is 1. The van der Waals surface area contributed by atoms with Crippen LogP contribution in [-0.4, -0.2) is 71.2 Å². The molecule has 0 spiro atoms. The first-order chi connectivity index (χ1) is 18.0. The highest BCUT2D eigenvalue weighted by molar-refractivity contribution is 7.91. The van der Waals surface area contributed by atoms with Gasteiger partial charge in [0, 0.05) is 37.6 Å². The van der Waals surface area contributed by atoms with Gasteiger partial charge < -0.3 is 19.3 Å². The van der Waals surface area contributed by atoms with Crippen molar-refractivity contribution in [3.05, 3.63) is 47.5 Å². The van der Waals surface area contributed by atoms with Crippen molar-refractivity contribution in [3.63, 3.8) is 0 Å². The van der Waals surface area contributed by atoms with E-state index in [1.807, 2.05) is 32.0 Å². The SMILES string of the molecule is CCOc1cccc(-c2ccc(C3CCN(S(=O)(=O)C4(C(=O)O)C[C@@H]5OC(C)(C)O[C@@H]5C4)CC3)cc2C)n1. The molecule has 10 heteroatoms. The average Bonchev–Trinajstić information content (AvgIpc) is 3.36. The molecule has 0 amide bonds. The fraction of sp³-hybridized carbons (Fsp3) is 0.571. The van der Waals surface area contributed by atoms with Crippen LogP contribution in [0.1, 0.15) is 63.5 Å². The van der Waals surface area contributed by atoms with Gasteiger partial charge in [0.25, 0.3) is 0 Å². The molecule has 0 radical (unpaired) electrons. The molecule has 2 aliphatic heterocycles. The number of carbonyl (C=O) groups is 1. The van der Waals surface area contributed by atoms with Crippen LogP contribution in [0.3, 0.4) is 0 Å². The third-order valence-electron chi connectivity index (χ3n) is 8.04. The Morgan fingerprint density at radius 2 is 1.79 bits per heavy atom. The van der Waals surface area contributed by atoms with Gasteiger partial charge in [-0.2, -0.15) is 0 Å². The smallest absolute Gasteiger partial charge is 0.326 e. The zero-order chi connectivity index (χ0) is 27.3. The topological polar surface area (TPSA) is 115 Å². The summed E-state index contributed by atoms with van der Waals surface area (Å²) in [4.78, 5) is 17.0. The molecule has 3 fully saturated rings. The number of nitrogens with zero attached hydrogens (tertiary/aromatic N) is 2. The molecule has 1 saturated carbocycles. The number of aryl methyl sites for hydroxylation is 1. The number of ether oxygens (including phenoxy) is 3. The Labute approximate surface area is 224 Å². The zero-order valence-electron chi connectivity index (χ0n) is 22.3. The predicted molar refractivity (Wildman–Crippen MR) is 141 cm³/mol. The first-order valence-electron chi connectivity index (χ1n) is 13.3. The van der Waals surface area contributed by atoms with Gasteiger partial charge in [-0.1, -0.05) is 24.3 Å². The fourth-order valence-corrected chi connectivity index (χ4v) is 8.34. The Morgan fingerprint density at radius 3 is 2.37 bits per heavy atom. The number of benzene rings is 1. The van der Waals surface area contributed by atoms with E-state index in [2.05, 4.69) is 23.2 Å². The van der Waals surface area contributed by atoms with Crippen LogP contribution in [0.15, 0.2) is 36.4 Å². The number of pyridine rings is 1. The molecule has 1 aromatic carbocycles. The second-order valence-corrected chi connectivity index (χ2v) is 13.2. The van der Waals surface area contributed by atoms with Gasteiger partial charge in [-0.3, -0.25) is 4.79 Å². The molecule has 206 valence electrons. The summed E-state index contributed by atoms with van der Waals surface area (Å²) in [5, 5.41) is 10.1. The second-order valence-electron chi connectivity index (χ2n) is 11.0. The largest absolute Gasteiger partial charge is 0.480 e. The van der Waals surface area contributed by atoms with Crippen molar-refractivity contribution in [2.75, 3.05) is 19.7 Å². The second kappa shape index (κ2) is 9.89. The third kappa shape index (κ3) is 4.72. The van der Waals surface area contributed by atoms with E-state index in [1.165, 1.54) is 4.31 Å². The quantitative estimate of drug-likeness (QED) is 0.554. The standard InChI is InChI=1S/C28H36N2O7S/c1-5-35-25-8-6-7-22(29-25)21-10-9-20(15-18(21)2)19-11-13-30(14-12-19)38(33,34)28(26(31)32)16-23-24(17-28)37-27(3,4)36-23/h6-10,15,19,23-24H,5,11-14,16-17H2,1-4H3,(H,31,32)/t23-,24+,28?. The summed E-state index contributed by atoms with van der Waals surface area (Å²) >= 11 is 0. The summed E-state index contributed by atoms with van der Waals surface area (Å²) in [6.07, 6.45) is -0.0372. The van der Waals surface area contributed by atoms with Gasteiger partial charge in [-0.05, 0) is 63.6 Å². The molecule has 1 N–H and O–H groups in total. The summed E-state index contributed by atoms with van der Waals surface area (Å²) in [6, 6.07) is 12.0. The molecule has 1 aliphatic carbocycles. The Morgan fingerprint density at radius 1 is 1.13 bits per heavy atom. The van der Waals surface area contributed by atoms with Gasteiger partial charge in [-0.15, -0.1) is 0 Å². The van der Waals surface area contributed by atoms with E-state index in [1.54, 1.807) is 13.8 Å². The van der Waals surface area contributed by atoms with Gasteiger partial charge >= 0.3 is 5.97 Å². The minimum Gasteiger partial charge on any atom is -0.480 e. The van der Waals surface area contributed by atoms with Gasteiger partial charge in [0.2, 0.25) is 15.9 Å². The number of rotatable bonds is 7. The number of sulfonamides is 1. The van der Waals surface area contributed by atoms with Crippen LogP contribution in [0.5, 0.6) is 5.88 Å². The van der Waals surface area contributed by atoms with E-state index in [0.717, 1.165) is 22.4 Å². The lowest BCUT2D eigenvalue weighted by Crippen LogP contribution is -2.54. The number of fused-ring (bicyclic) bond motifs is 1. The maximum Gasteiger partial charge on any atom is 0.326 e. The van der Waals surface area contributed by atoms with E-state index in [4.69, 9.17) is 14.2 Å². The fourth-order valence-electron chi connectivity index (χ4n) is 6.18. The van der Waals surface area contributed by atoms with E-state index in [-0.39, 0.29) is 31.8 Å². The van der Waals surface area contributed by atoms with Gasteiger partial charge in [0.05, 0.1) is 24.5 Å². The minimum atomic E-state index is -4.11. The van der Waals surface area contributed by atoms with Crippen molar-refractivity contribution in [1.29, 1.82) is 0 Å². The monoisotopic (exact) mass is 544 g/mol. The molecule has 38 heavy (non-hydrogen) atoms. The Bertz CT molecular complexity index is 1300. The van der Waals surface area contributed by atoms with Crippen LogP contribution in [0.2, 0.25) is 0 Å². The average molecular weight is 545 g/mol. The number of carboxylic acids is 1. The Hall–Kier alpha value is -2.53. The summed E-state index contributed by atoms with van der Waals surface area (Å²) < 4.78 is 44.1. The molecular weight excluding hydrogens is 508 g/mol. The highest BCUT2D eigenvalue weighted by atomic mass is 32.2. The highest BCUT2D eigenvalue weighted by Gasteiger charge is 2.65. The molecule has 1 aromatic heterocycles. The summed E-state index contributed by atoms with van der Waals surface area (Å²) in [5.74, 6) is -1.38. The molecule has 2 saturated heterocycles. The Kier molecular flexibility index (Phi) is 7.04. The van der Waals surface area contributed by atoms with Crippen LogP contribution in [0.4, 0.5) is 0 Å². The lowest BCUT2D eigenvalue weighted by atomic mass is 9.88. The van der Waals surface area contributed by atoms with Crippen molar-refractivity contribution < 1.29 is 32.5 Å². The lowest BCUT2D eigenvalue weighted by molar-refractivity contribution is -0.159. The first kappa shape index (κ1) is 27.1.